The molecule has 0 spiro atoms. The van der Waals surface area contributed by atoms with Crippen LogP contribution in [0, 0.1) is 5.82 Å². The summed E-state index contributed by atoms with van der Waals surface area (Å²) in [4.78, 5) is 0. The Morgan fingerprint density at radius 2 is 1.92 bits per heavy atom. The molecule has 1 atom stereocenters. The van der Waals surface area contributed by atoms with Crippen LogP contribution in [0.25, 0.3) is 0 Å². The molecule has 0 saturated heterocycles. The van der Waals surface area contributed by atoms with Gasteiger partial charge in [-0.1, -0.05) is 6.08 Å². The van der Waals surface area contributed by atoms with Crippen molar-refractivity contribution in [2.45, 2.75) is 6.04 Å². The minimum Gasteiger partial charge on any atom is -0.398 e. The molecule has 0 aromatic heterocycles. The Balaban J connectivity index is 3.22. The van der Waals surface area contributed by atoms with Crippen LogP contribution in [0.1, 0.15) is 11.6 Å². The summed E-state index contributed by atoms with van der Waals surface area (Å²) in [6.45, 7) is 3.52. The largest absolute Gasteiger partial charge is 0.398 e. The fourth-order valence-corrected chi connectivity index (χ4v) is 1.04. The zero-order valence-electron chi connectivity index (χ0n) is 7.13. The molecular formula is C9H12FN3. The second-order valence-corrected chi connectivity index (χ2v) is 2.76. The monoisotopic (exact) mass is 181 g/mol. The van der Waals surface area contributed by atoms with Gasteiger partial charge in [0.1, 0.15) is 5.82 Å². The van der Waals surface area contributed by atoms with Gasteiger partial charge in [0.15, 0.2) is 0 Å². The molecular weight excluding hydrogens is 169 g/mol. The quantitative estimate of drug-likeness (QED) is 0.473. The maximum atomic E-state index is 12.9. The molecule has 13 heavy (non-hydrogen) atoms. The van der Waals surface area contributed by atoms with Crippen LogP contribution >= 0.6 is 0 Å². The number of benzene rings is 1. The van der Waals surface area contributed by atoms with E-state index in [1.54, 1.807) is 0 Å². The summed E-state index contributed by atoms with van der Waals surface area (Å²) in [6, 6.07) is 2.17. The van der Waals surface area contributed by atoms with Crippen LogP contribution in [0.3, 0.4) is 0 Å². The lowest BCUT2D eigenvalue weighted by molar-refractivity contribution is 0.632. The average molecular weight is 181 g/mol. The molecule has 0 aliphatic carbocycles. The number of halogens is 1. The molecule has 0 amide bonds. The van der Waals surface area contributed by atoms with Crippen molar-refractivity contribution in [3.63, 3.8) is 0 Å². The van der Waals surface area contributed by atoms with Gasteiger partial charge < -0.3 is 17.2 Å². The summed E-state index contributed by atoms with van der Waals surface area (Å²) in [5, 5.41) is 0. The first-order valence-electron chi connectivity index (χ1n) is 3.78. The van der Waals surface area contributed by atoms with Gasteiger partial charge in [0.05, 0.1) is 5.69 Å². The summed E-state index contributed by atoms with van der Waals surface area (Å²) in [5.41, 5.74) is 17.5. The maximum absolute atomic E-state index is 12.9. The van der Waals surface area contributed by atoms with Crippen LogP contribution in [0.4, 0.5) is 15.8 Å². The normalized spacial score (nSPS) is 12.5. The Bertz CT molecular complexity index is 336. The van der Waals surface area contributed by atoms with Crippen LogP contribution in [-0.2, 0) is 0 Å². The van der Waals surface area contributed by atoms with Gasteiger partial charge in [0.25, 0.3) is 0 Å². The first kappa shape index (κ1) is 9.54. The van der Waals surface area contributed by atoms with Gasteiger partial charge in [0.2, 0.25) is 0 Å². The number of rotatable bonds is 2. The summed E-state index contributed by atoms with van der Waals surface area (Å²) in [5.74, 6) is -0.530. The van der Waals surface area contributed by atoms with Gasteiger partial charge in [0, 0.05) is 11.7 Å². The first-order valence-corrected chi connectivity index (χ1v) is 3.78. The fraction of sp³-hybridized carbons (Fsp3) is 0.111. The second kappa shape index (κ2) is 3.45. The van der Waals surface area contributed by atoms with E-state index in [-0.39, 0.29) is 5.69 Å². The van der Waals surface area contributed by atoms with E-state index < -0.39 is 11.9 Å². The van der Waals surface area contributed by atoms with E-state index in [2.05, 4.69) is 6.58 Å². The van der Waals surface area contributed by atoms with Gasteiger partial charge in [-0.15, -0.1) is 6.58 Å². The van der Waals surface area contributed by atoms with Gasteiger partial charge >= 0.3 is 0 Å². The maximum Gasteiger partial charge on any atom is 0.148 e. The number of hydrogen-bond donors (Lipinski definition) is 3. The van der Waals surface area contributed by atoms with Gasteiger partial charge in [-0.2, -0.15) is 0 Å². The van der Waals surface area contributed by atoms with Crippen molar-refractivity contribution in [1.82, 2.24) is 0 Å². The molecule has 0 aliphatic rings. The average Bonchev–Trinajstić information content (AvgIpc) is 2.10. The van der Waals surface area contributed by atoms with Crippen molar-refractivity contribution in [1.29, 1.82) is 0 Å². The number of nitrogens with two attached hydrogens (primary N) is 3. The molecule has 1 rings (SSSR count). The standard InChI is InChI=1S/C9H12FN3/c1-2-7(11)5-3-9(13)6(10)4-8(5)12/h2-4,7H,1,11-13H2/t7-/m1/s1. The molecule has 0 unspecified atom stereocenters. The van der Waals surface area contributed by atoms with Crippen molar-refractivity contribution < 1.29 is 4.39 Å². The SMILES string of the molecule is C=C[C@@H](N)c1cc(N)c(F)cc1N. The van der Waals surface area contributed by atoms with Crippen LogP contribution in [-0.4, -0.2) is 0 Å². The highest BCUT2D eigenvalue weighted by Gasteiger charge is 2.09. The van der Waals surface area contributed by atoms with E-state index in [0.717, 1.165) is 6.07 Å². The van der Waals surface area contributed by atoms with Crippen molar-refractivity contribution in [3.05, 3.63) is 36.2 Å². The van der Waals surface area contributed by atoms with E-state index in [0.29, 0.717) is 11.3 Å². The van der Waals surface area contributed by atoms with Crippen molar-refractivity contribution >= 4 is 11.4 Å². The smallest absolute Gasteiger partial charge is 0.148 e. The summed E-state index contributed by atoms with van der Waals surface area (Å²) in [7, 11) is 0. The molecule has 0 radical (unpaired) electrons. The molecule has 0 bridgehead atoms. The molecule has 0 saturated carbocycles. The molecule has 1 aromatic carbocycles. The lowest BCUT2D eigenvalue weighted by Crippen LogP contribution is -2.10. The van der Waals surface area contributed by atoms with E-state index in [1.807, 2.05) is 0 Å². The zero-order chi connectivity index (χ0) is 10.0. The highest BCUT2D eigenvalue weighted by molar-refractivity contribution is 5.58. The highest BCUT2D eigenvalue weighted by atomic mass is 19.1. The van der Waals surface area contributed by atoms with Gasteiger partial charge in [-0.3, -0.25) is 0 Å². The Kier molecular flexibility index (Phi) is 2.53. The predicted molar refractivity (Wildman–Crippen MR) is 52.4 cm³/mol. The minimum absolute atomic E-state index is 0.0431. The van der Waals surface area contributed by atoms with Crippen molar-refractivity contribution in [2.24, 2.45) is 5.73 Å². The Morgan fingerprint density at radius 3 is 2.46 bits per heavy atom. The number of anilines is 2. The molecule has 0 fully saturated rings. The predicted octanol–water partition coefficient (Wildman–Crippen LogP) is 1.18. The zero-order valence-corrected chi connectivity index (χ0v) is 7.13. The van der Waals surface area contributed by atoms with Crippen LogP contribution in [0.2, 0.25) is 0 Å². The Morgan fingerprint density at radius 1 is 1.31 bits per heavy atom. The van der Waals surface area contributed by atoms with Crippen molar-refractivity contribution in [3.8, 4) is 0 Å². The topological polar surface area (TPSA) is 78.1 Å². The molecule has 3 nitrogen and oxygen atoms in total. The summed E-state index contributed by atoms with van der Waals surface area (Å²) in [6.07, 6.45) is 1.52. The molecule has 0 heterocycles. The Labute approximate surface area is 76.0 Å². The molecule has 0 aliphatic heterocycles. The summed E-state index contributed by atoms with van der Waals surface area (Å²) >= 11 is 0. The number of hydrogen-bond acceptors (Lipinski definition) is 3. The van der Waals surface area contributed by atoms with E-state index in [9.17, 15) is 4.39 Å². The number of nitrogen functional groups attached to an aromatic ring is 2. The fourth-order valence-electron chi connectivity index (χ4n) is 1.04. The third-order valence-corrected chi connectivity index (χ3v) is 1.82. The summed E-state index contributed by atoms with van der Waals surface area (Å²) < 4.78 is 12.9. The first-order chi connectivity index (χ1) is 6.06. The van der Waals surface area contributed by atoms with E-state index in [1.165, 1.54) is 12.1 Å². The minimum atomic E-state index is -0.530. The van der Waals surface area contributed by atoms with Crippen LogP contribution in [0.15, 0.2) is 24.8 Å². The molecule has 6 N–H and O–H groups in total. The van der Waals surface area contributed by atoms with Gasteiger partial charge in [-0.25, -0.2) is 4.39 Å². The van der Waals surface area contributed by atoms with E-state index >= 15 is 0 Å². The Hall–Kier alpha value is -1.55. The third-order valence-electron chi connectivity index (χ3n) is 1.82. The van der Waals surface area contributed by atoms with E-state index in [4.69, 9.17) is 17.2 Å². The van der Waals surface area contributed by atoms with Crippen LogP contribution < -0.4 is 17.2 Å². The molecule has 1 aromatic rings. The molecule has 4 heteroatoms. The second-order valence-electron chi connectivity index (χ2n) is 2.76. The van der Waals surface area contributed by atoms with Gasteiger partial charge in [-0.05, 0) is 17.7 Å². The lowest BCUT2D eigenvalue weighted by Gasteiger charge is -2.11. The third kappa shape index (κ3) is 1.78. The highest BCUT2D eigenvalue weighted by Crippen LogP contribution is 2.24. The van der Waals surface area contributed by atoms with Crippen molar-refractivity contribution in [2.75, 3.05) is 11.5 Å². The molecule has 70 valence electrons. The van der Waals surface area contributed by atoms with Crippen LogP contribution in [0.5, 0.6) is 0 Å². The lowest BCUT2D eigenvalue weighted by atomic mass is 10.0.